The van der Waals surface area contributed by atoms with Gasteiger partial charge in [0.25, 0.3) is 0 Å². The second-order valence-corrected chi connectivity index (χ2v) is 7.42. The van der Waals surface area contributed by atoms with Crippen LogP contribution >= 0.6 is 0 Å². The molecule has 4 heteroatoms. The monoisotopic (exact) mass is 386 g/mol. The smallest absolute Gasteiger partial charge is 0.168 e. The zero-order valence-corrected chi connectivity index (χ0v) is 18.0. The summed E-state index contributed by atoms with van der Waals surface area (Å²) in [5.74, 6) is 1.15. The second kappa shape index (κ2) is 14.0. The van der Waals surface area contributed by atoms with Gasteiger partial charge < -0.3 is 15.0 Å². The van der Waals surface area contributed by atoms with Crippen LogP contribution < -0.4 is 10.1 Å². The maximum atomic E-state index is 12.8. The standard InChI is InChI=1S/C24H38N2O2/c1-6-17-26(5)18-10-8-9-11-19-28-23-14-12-13-21(25-4)24(23)22(27)16-15-20(3)7-2/h6-7,12-14,20,25H,1-2,8-11,15-19H2,3-5H3. The number of rotatable bonds is 16. The molecule has 0 fully saturated rings. The molecule has 0 radical (unpaired) electrons. The summed E-state index contributed by atoms with van der Waals surface area (Å²) in [6.45, 7) is 12.3. The summed E-state index contributed by atoms with van der Waals surface area (Å²) in [6.07, 6.45) is 9.63. The average molecular weight is 387 g/mol. The number of anilines is 1. The van der Waals surface area contributed by atoms with Crippen molar-refractivity contribution in [2.75, 3.05) is 39.1 Å². The number of carbonyl (C=O) groups is 1. The zero-order valence-electron chi connectivity index (χ0n) is 18.0. The molecule has 1 aromatic carbocycles. The number of ketones is 1. The Morgan fingerprint density at radius 2 is 2.00 bits per heavy atom. The third kappa shape index (κ3) is 8.75. The lowest BCUT2D eigenvalue weighted by atomic mass is 9.98. The van der Waals surface area contributed by atoms with E-state index < -0.39 is 0 Å². The van der Waals surface area contributed by atoms with Gasteiger partial charge >= 0.3 is 0 Å². The van der Waals surface area contributed by atoms with Crippen LogP contribution in [0.2, 0.25) is 0 Å². The Hall–Kier alpha value is -2.07. The lowest BCUT2D eigenvalue weighted by Crippen LogP contribution is -2.19. The number of carbonyl (C=O) groups excluding carboxylic acids is 1. The van der Waals surface area contributed by atoms with Crippen LogP contribution in [0.15, 0.2) is 43.5 Å². The van der Waals surface area contributed by atoms with Gasteiger partial charge in [-0.1, -0.05) is 38.0 Å². The highest BCUT2D eigenvalue weighted by Crippen LogP contribution is 2.29. The van der Waals surface area contributed by atoms with Gasteiger partial charge in [-0.25, -0.2) is 0 Å². The Balaban J connectivity index is 2.51. The molecule has 0 spiro atoms. The largest absolute Gasteiger partial charge is 0.493 e. The van der Waals surface area contributed by atoms with Gasteiger partial charge in [0.15, 0.2) is 5.78 Å². The predicted octanol–water partition coefficient (Wildman–Crippen LogP) is 5.57. The fraction of sp³-hybridized carbons (Fsp3) is 0.542. The summed E-state index contributed by atoms with van der Waals surface area (Å²) in [4.78, 5) is 15.1. The molecule has 0 aliphatic carbocycles. The van der Waals surface area contributed by atoms with Crippen molar-refractivity contribution in [3.8, 4) is 5.75 Å². The quantitative estimate of drug-likeness (QED) is 0.229. The van der Waals surface area contributed by atoms with Crippen LogP contribution in [0.25, 0.3) is 0 Å². The van der Waals surface area contributed by atoms with Crippen molar-refractivity contribution < 1.29 is 9.53 Å². The zero-order chi connectivity index (χ0) is 20.8. The molecule has 1 unspecified atom stereocenters. The van der Waals surface area contributed by atoms with E-state index in [2.05, 4.69) is 37.3 Å². The number of unbranched alkanes of at least 4 members (excludes halogenated alkanes) is 3. The van der Waals surface area contributed by atoms with Gasteiger partial charge in [-0.2, -0.15) is 0 Å². The SMILES string of the molecule is C=CCN(C)CCCCCCOc1cccc(NC)c1C(=O)CCC(C)C=C. The molecule has 0 heterocycles. The Morgan fingerprint density at radius 1 is 1.25 bits per heavy atom. The number of benzene rings is 1. The summed E-state index contributed by atoms with van der Waals surface area (Å²) in [6, 6.07) is 5.76. The number of hydrogen-bond acceptors (Lipinski definition) is 4. The first-order valence-electron chi connectivity index (χ1n) is 10.4. The molecule has 0 saturated heterocycles. The summed E-state index contributed by atoms with van der Waals surface area (Å²) >= 11 is 0. The van der Waals surface area contributed by atoms with E-state index >= 15 is 0 Å². The molecule has 0 aliphatic rings. The molecule has 4 nitrogen and oxygen atoms in total. The molecule has 1 rings (SSSR count). The fourth-order valence-electron chi connectivity index (χ4n) is 3.08. The van der Waals surface area contributed by atoms with Crippen molar-refractivity contribution in [3.63, 3.8) is 0 Å². The summed E-state index contributed by atoms with van der Waals surface area (Å²) in [5, 5.41) is 3.13. The van der Waals surface area contributed by atoms with Crippen molar-refractivity contribution in [3.05, 3.63) is 49.1 Å². The van der Waals surface area contributed by atoms with Gasteiger partial charge in [-0.15, -0.1) is 13.2 Å². The lowest BCUT2D eigenvalue weighted by molar-refractivity contribution is 0.0973. The summed E-state index contributed by atoms with van der Waals surface area (Å²) in [7, 11) is 3.96. The molecule has 0 bridgehead atoms. The Bertz CT molecular complexity index is 613. The number of allylic oxidation sites excluding steroid dienone is 1. The van der Waals surface area contributed by atoms with Gasteiger partial charge in [0.2, 0.25) is 0 Å². The highest BCUT2D eigenvalue weighted by Gasteiger charge is 2.17. The van der Waals surface area contributed by atoms with Crippen LogP contribution in [-0.4, -0.2) is 44.5 Å². The summed E-state index contributed by atoms with van der Waals surface area (Å²) < 4.78 is 6.00. The van der Waals surface area contributed by atoms with E-state index in [1.54, 1.807) is 0 Å². The highest BCUT2D eigenvalue weighted by atomic mass is 16.5. The second-order valence-electron chi connectivity index (χ2n) is 7.42. The van der Waals surface area contributed by atoms with Gasteiger partial charge in [0.05, 0.1) is 12.2 Å². The molecule has 0 saturated carbocycles. The van der Waals surface area contributed by atoms with Crippen LogP contribution in [-0.2, 0) is 0 Å². The first-order chi connectivity index (χ1) is 13.5. The Labute approximate surface area is 171 Å². The normalized spacial score (nSPS) is 11.9. The van der Waals surface area contributed by atoms with E-state index in [1.807, 2.05) is 37.4 Å². The van der Waals surface area contributed by atoms with Crippen molar-refractivity contribution in [2.45, 2.75) is 45.4 Å². The number of likely N-dealkylation sites (N-methyl/N-ethyl adjacent to an activating group) is 1. The van der Waals surface area contributed by atoms with Crippen molar-refractivity contribution >= 4 is 11.5 Å². The number of hydrogen-bond donors (Lipinski definition) is 1. The molecule has 156 valence electrons. The molecule has 0 aromatic heterocycles. The number of nitrogens with zero attached hydrogens (tertiary/aromatic N) is 1. The minimum atomic E-state index is 0.124. The van der Waals surface area contributed by atoms with E-state index in [4.69, 9.17) is 4.74 Å². The highest BCUT2D eigenvalue weighted by molar-refractivity contribution is 6.03. The Kier molecular flexibility index (Phi) is 12.0. The van der Waals surface area contributed by atoms with Gasteiger partial charge in [0, 0.05) is 25.7 Å². The van der Waals surface area contributed by atoms with Crippen molar-refractivity contribution in [1.29, 1.82) is 0 Å². The molecule has 28 heavy (non-hydrogen) atoms. The van der Waals surface area contributed by atoms with Crippen molar-refractivity contribution in [1.82, 2.24) is 4.90 Å². The third-order valence-corrected chi connectivity index (χ3v) is 4.94. The molecule has 1 aromatic rings. The van der Waals surface area contributed by atoms with E-state index in [9.17, 15) is 4.79 Å². The Morgan fingerprint density at radius 3 is 2.68 bits per heavy atom. The third-order valence-electron chi connectivity index (χ3n) is 4.94. The molecular weight excluding hydrogens is 348 g/mol. The number of Topliss-reactive ketones (excluding diaryl/α,β-unsaturated/α-hetero) is 1. The molecular formula is C24H38N2O2. The molecule has 1 atom stereocenters. The topological polar surface area (TPSA) is 41.6 Å². The summed E-state index contributed by atoms with van der Waals surface area (Å²) in [5.41, 5.74) is 1.51. The van der Waals surface area contributed by atoms with E-state index in [0.29, 0.717) is 30.3 Å². The van der Waals surface area contributed by atoms with E-state index in [-0.39, 0.29) is 5.78 Å². The fourth-order valence-corrected chi connectivity index (χ4v) is 3.08. The van der Waals surface area contributed by atoms with Crippen LogP contribution in [0.4, 0.5) is 5.69 Å². The van der Waals surface area contributed by atoms with Crippen LogP contribution in [0.3, 0.4) is 0 Å². The van der Waals surface area contributed by atoms with E-state index in [0.717, 1.165) is 38.0 Å². The minimum absolute atomic E-state index is 0.124. The first-order valence-corrected chi connectivity index (χ1v) is 10.4. The lowest BCUT2D eigenvalue weighted by Gasteiger charge is -2.16. The molecule has 0 amide bonds. The maximum Gasteiger partial charge on any atom is 0.168 e. The molecule has 1 N–H and O–H groups in total. The van der Waals surface area contributed by atoms with E-state index in [1.165, 1.54) is 12.8 Å². The van der Waals surface area contributed by atoms with Crippen molar-refractivity contribution in [2.24, 2.45) is 5.92 Å². The van der Waals surface area contributed by atoms with Crippen LogP contribution in [0.5, 0.6) is 5.75 Å². The first kappa shape index (κ1) is 24.0. The van der Waals surface area contributed by atoms with Gasteiger partial charge in [-0.05, 0) is 50.9 Å². The van der Waals surface area contributed by atoms with Gasteiger partial charge in [0.1, 0.15) is 5.75 Å². The molecule has 0 aliphatic heterocycles. The number of ether oxygens (including phenoxy) is 1. The average Bonchev–Trinajstić information content (AvgIpc) is 2.70. The van der Waals surface area contributed by atoms with Crippen LogP contribution in [0, 0.1) is 5.92 Å². The van der Waals surface area contributed by atoms with Gasteiger partial charge in [-0.3, -0.25) is 4.79 Å². The number of nitrogens with one attached hydrogen (secondary N) is 1. The minimum Gasteiger partial charge on any atom is -0.493 e. The van der Waals surface area contributed by atoms with Crippen LogP contribution in [0.1, 0.15) is 55.8 Å². The predicted molar refractivity (Wildman–Crippen MR) is 121 cm³/mol. The maximum absolute atomic E-state index is 12.8.